The van der Waals surface area contributed by atoms with Gasteiger partial charge in [-0.1, -0.05) is 29.8 Å². The molecule has 0 saturated carbocycles. The number of amides is 1. The van der Waals surface area contributed by atoms with Crippen LogP contribution in [0.2, 0.25) is 5.15 Å². The SMILES string of the molecule is COc1cc(Cl)nc(NC(=O)c2csc3ccccc23)n1. The van der Waals surface area contributed by atoms with Crippen LogP contribution in [0.4, 0.5) is 5.95 Å². The average Bonchev–Trinajstić information content (AvgIpc) is 2.90. The summed E-state index contributed by atoms with van der Waals surface area (Å²) in [6.07, 6.45) is 0. The molecular formula is C14H10ClN3O2S. The predicted molar refractivity (Wildman–Crippen MR) is 83.4 cm³/mol. The molecule has 0 spiro atoms. The van der Waals surface area contributed by atoms with Crippen molar-refractivity contribution in [2.45, 2.75) is 0 Å². The molecule has 21 heavy (non-hydrogen) atoms. The molecule has 2 heterocycles. The average molecular weight is 320 g/mol. The number of hydrogen-bond donors (Lipinski definition) is 1. The minimum absolute atomic E-state index is 0.111. The molecule has 3 rings (SSSR count). The highest BCUT2D eigenvalue weighted by molar-refractivity contribution is 7.17. The van der Waals surface area contributed by atoms with Crippen molar-refractivity contribution < 1.29 is 9.53 Å². The summed E-state index contributed by atoms with van der Waals surface area (Å²) in [5.74, 6) is 0.122. The van der Waals surface area contributed by atoms with E-state index in [-0.39, 0.29) is 17.0 Å². The molecule has 3 aromatic rings. The summed E-state index contributed by atoms with van der Waals surface area (Å²) in [4.78, 5) is 20.3. The summed E-state index contributed by atoms with van der Waals surface area (Å²) in [6, 6.07) is 9.17. The molecule has 0 aliphatic carbocycles. The van der Waals surface area contributed by atoms with E-state index in [9.17, 15) is 4.79 Å². The maximum absolute atomic E-state index is 12.3. The van der Waals surface area contributed by atoms with E-state index in [1.54, 1.807) is 0 Å². The van der Waals surface area contributed by atoms with E-state index < -0.39 is 0 Å². The zero-order valence-electron chi connectivity index (χ0n) is 11.0. The molecule has 0 aliphatic heterocycles. The fourth-order valence-electron chi connectivity index (χ4n) is 1.88. The Morgan fingerprint density at radius 3 is 2.95 bits per heavy atom. The number of methoxy groups -OCH3 is 1. The zero-order chi connectivity index (χ0) is 14.8. The second-order valence-electron chi connectivity index (χ2n) is 4.16. The number of fused-ring (bicyclic) bond motifs is 1. The Bertz CT molecular complexity index is 819. The van der Waals surface area contributed by atoms with E-state index in [1.165, 1.54) is 24.5 Å². The number of nitrogens with zero attached hydrogens (tertiary/aromatic N) is 2. The third-order valence-corrected chi connectivity index (χ3v) is 3.99. The first-order valence-electron chi connectivity index (χ1n) is 6.03. The summed E-state index contributed by atoms with van der Waals surface area (Å²) in [7, 11) is 1.47. The van der Waals surface area contributed by atoms with Gasteiger partial charge in [-0.3, -0.25) is 10.1 Å². The van der Waals surface area contributed by atoms with Crippen molar-refractivity contribution in [1.29, 1.82) is 0 Å². The third kappa shape index (κ3) is 2.81. The molecule has 0 aliphatic rings. The summed E-state index contributed by atoms with van der Waals surface area (Å²) < 4.78 is 6.04. The van der Waals surface area contributed by atoms with Crippen LogP contribution in [0.25, 0.3) is 10.1 Å². The molecular weight excluding hydrogens is 310 g/mol. The Balaban J connectivity index is 1.91. The number of aromatic nitrogens is 2. The van der Waals surface area contributed by atoms with Gasteiger partial charge in [0.05, 0.1) is 12.7 Å². The van der Waals surface area contributed by atoms with Crippen LogP contribution < -0.4 is 10.1 Å². The van der Waals surface area contributed by atoms with E-state index in [1.807, 2.05) is 29.6 Å². The van der Waals surface area contributed by atoms with Gasteiger partial charge < -0.3 is 4.74 Å². The standard InChI is InChI=1S/C14H10ClN3O2S/c1-20-12-6-11(15)16-14(17-12)18-13(19)9-7-21-10-5-3-2-4-8(9)10/h2-7H,1H3,(H,16,17,18,19). The number of thiophene rings is 1. The first-order valence-corrected chi connectivity index (χ1v) is 7.29. The third-order valence-electron chi connectivity index (χ3n) is 2.83. The normalized spacial score (nSPS) is 10.6. The molecule has 0 unspecified atom stereocenters. The maximum Gasteiger partial charge on any atom is 0.259 e. The van der Waals surface area contributed by atoms with Gasteiger partial charge in [-0.15, -0.1) is 11.3 Å². The molecule has 0 saturated heterocycles. The van der Waals surface area contributed by atoms with Crippen LogP contribution in [0, 0.1) is 0 Å². The quantitative estimate of drug-likeness (QED) is 0.749. The molecule has 1 N–H and O–H groups in total. The summed E-state index contributed by atoms with van der Waals surface area (Å²) in [6.45, 7) is 0. The molecule has 0 bridgehead atoms. The Morgan fingerprint density at radius 1 is 1.33 bits per heavy atom. The number of ether oxygens (including phenoxy) is 1. The number of nitrogens with one attached hydrogen (secondary N) is 1. The Morgan fingerprint density at radius 2 is 2.14 bits per heavy atom. The fraction of sp³-hybridized carbons (Fsp3) is 0.0714. The minimum Gasteiger partial charge on any atom is -0.481 e. The number of hydrogen-bond acceptors (Lipinski definition) is 5. The minimum atomic E-state index is -0.281. The van der Waals surface area contributed by atoms with Crippen molar-refractivity contribution in [3.63, 3.8) is 0 Å². The van der Waals surface area contributed by atoms with Crippen LogP contribution in [0.15, 0.2) is 35.7 Å². The second kappa shape index (κ2) is 5.67. The van der Waals surface area contributed by atoms with Gasteiger partial charge in [-0.25, -0.2) is 4.98 Å². The molecule has 0 atom stereocenters. The highest BCUT2D eigenvalue weighted by Gasteiger charge is 2.14. The smallest absolute Gasteiger partial charge is 0.259 e. The van der Waals surface area contributed by atoms with Gasteiger partial charge in [0.2, 0.25) is 11.8 Å². The van der Waals surface area contributed by atoms with Crippen molar-refractivity contribution in [3.8, 4) is 5.88 Å². The van der Waals surface area contributed by atoms with Gasteiger partial charge in [0.15, 0.2) is 0 Å². The van der Waals surface area contributed by atoms with Gasteiger partial charge in [-0.2, -0.15) is 4.98 Å². The van der Waals surface area contributed by atoms with Crippen LogP contribution in [0.3, 0.4) is 0 Å². The Hall–Kier alpha value is -2.18. The molecule has 0 radical (unpaired) electrons. The molecule has 2 aromatic heterocycles. The first-order chi connectivity index (χ1) is 10.2. The van der Waals surface area contributed by atoms with Crippen LogP contribution in [-0.4, -0.2) is 23.0 Å². The van der Waals surface area contributed by atoms with Crippen LogP contribution in [0.1, 0.15) is 10.4 Å². The molecule has 0 fully saturated rings. The lowest BCUT2D eigenvalue weighted by Crippen LogP contribution is -2.14. The summed E-state index contributed by atoms with van der Waals surface area (Å²) in [5.41, 5.74) is 0.582. The number of anilines is 1. The molecule has 5 nitrogen and oxygen atoms in total. The number of benzene rings is 1. The van der Waals surface area contributed by atoms with Crippen molar-refractivity contribution in [2.24, 2.45) is 0 Å². The van der Waals surface area contributed by atoms with E-state index in [4.69, 9.17) is 16.3 Å². The fourth-order valence-corrected chi connectivity index (χ4v) is 2.99. The largest absolute Gasteiger partial charge is 0.481 e. The van der Waals surface area contributed by atoms with Crippen LogP contribution in [-0.2, 0) is 0 Å². The van der Waals surface area contributed by atoms with Crippen LogP contribution in [0.5, 0.6) is 5.88 Å². The van der Waals surface area contributed by atoms with Crippen molar-refractivity contribution in [3.05, 3.63) is 46.4 Å². The molecule has 1 amide bonds. The molecule has 7 heteroatoms. The monoisotopic (exact) mass is 319 g/mol. The van der Waals surface area contributed by atoms with Crippen molar-refractivity contribution in [1.82, 2.24) is 9.97 Å². The lowest BCUT2D eigenvalue weighted by atomic mass is 10.2. The predicted octanol–water partition coefficient (Wildman–Crippen LogP) is 3.61. The zero-order valence-corrected chi connectivity index (χ0v) is 12.5. The molecule has 1 aromatic carbocycles. The number of carbonyl (C=O) groups is 1. The number of carbonyl (C=O) groups excluding carboxylic acids is 1. The lowest BCUT2D eigenvalue weighted by Gasteiger charge is -2.05. The van der Waals surface area contributed by atoms with Gasteiger partial charge in [0.1, 0.15) is 5.15 Å². The summed E-state index contributed by atoms with van der Waals surface area (Å²) >= 11 is 7.36. The number of rotatable bonds is 3. The van der Waals surface area contributed by atoms with E-state index in [2.05, 4.69) is 15.3 Å². The van der Waals surface area contributed by atoms with Gasteiger partial charge in [0, 0.05) is 21.5 Å². The first kappa shape index (κ1) is 13.8. The Kier molecular flexibility index (Phi) is 3.72. The van der Waals surface area contributed by atoms with E-state index >= 15 is 0 Å². The van der Waals surface area contributed by atoms with Gasteiger partial charge in [-0.05, 0) is 6.07 Å². The second-order valence-corrected chi connectivity index (χ2v) is 5.45. The topological polar surface area (TPSA) is 64.1 Å². The van der Waals surface area contributed by atoms with Crippen molar-refractivity contribution in [2.75, 3.05) is 12.4 Å². The lowest BCUT2D eigenvalue weighted by molar-refractivity contribution is 0.102. The highest BCUT2D eigenvalue weighted by Crippen LogP contribution is 2.26. The van der Waals surface area contributed by atoms with Gasteiger partial charge in [0.25, 0.3) is 5.91 Å². The number of halogens is 1. The summed E-state index contributed by atoms with van der Waals surface area (Å²) in [5, 5.41) is 5.54. The van der Waals surface area contributed by atoms with E-state index in [0.717, 1.165) is 10.1 Å². The highest BCUT2D eigenvalue weighted by atomic mass is 35.5. The van der Waals surface area contributed by atoms with Crippen molar-refractivity contribution >= 4 is 44.9 Å². The Labute approximate surface area is 129 Å². The maximum atomic E-state index is 12.3. The van der Waals surface area contributed by atoms with E-state index in [0.29, 0.717) is 11.4 Å². The van der Waals surface area contributed by atoms with Gasteiger partial charge >= 0.3 is 0 Å². The molecule has 106 valence electrons. The van der Waals surface area contributed by atoms with Crippen LogP contribution >= 0.6 is 22.9 Å².